The van der Waals surface area contributed by atoms with Gasteiger partial charge in [-0.25, -0.2) is 0 Å². The van der Waals surface area contributed by atoms with Crippen LogP contribution in [0.15, 0.2) is 5.38 Å². The molecule has 1 nitrogen and oxygen atoms in total. The van der Waals surface area contributed by atoms with Gasteiger partial charge in [-0.1, -0.05) is 0 Å². The van der Waals surface area contributed by atoms with E-state index in [1.165, 1.54) is 25.7 Å². The quantitative estimate of drug-likeness (QED) is 0.760. The summed E-state index contributed by atoms with van der Waals surface area (Å²) >= 11 is 1.99. The molecule has 1 aromatic heterocycles. The molecule has 0 bridgehead atoms. The minimum atomic E-state index is 0.722. The molecule has 1 unspecified atom stereocenters. The summed E-state index contributed by atoms with van der Waals surface area (Å²) in [4.78, 5) is 1.65. The lowest BCUT2D eigenvalue weighted by Crippen LogP contribution is -2.25. The molecule has 1 aromatic rings. The highest BCUT2D eigenvalue weighted by molar-refractivity contribution is 7.10. The Balaban J connectivity index is 1.92. The second-order valence-electron chi connectivity index (χ2n) is 4.26. The zero-order valence-corrected chi connectivity index (χ0v) is 8.79. The summed E-state index contributed by atoms with van der Waals surface area (Å²) in [7, 11) is 2.08. The molecule has 3 rings (SSSR count). The van der Waals surface area contributed by atoms with Gasteiger partial charge in [0, 0.05) is 10.9 Å². The molecule has 2 heteroatoms. The van der Waals surface area contributed by atoms with Crippen molar-refractivity contribution < 1.29 is 0 Å². The average Bonchev–Trinajstić information content (AvgIpc) is 2.78. The minimum absolute atomic E-state index is 0.722. The summed E-state index contributed by atoms with van der Waals surface area (Å²) in [5.74, 6) is 0.940. The maximum Gasteiger partial charge on any atom is 0.0153 e. The molecule has 1 atom stereocenters. The van der Waals surface area contributed by atoms with Crippen LogP contribution in [0.1, 0.15) is 34.8 Å². The van der Waals surface area contributed by atoms with Crippen molar-refractivity contribution in [2.24, 2.45) is 0 Å². The van der Waals surface area contributed by atoms with Crippen LogP contribution >= 0.6 is 11.3 Å². The Morgan fingerprint density at radius 1 is 1.38 bits per heavy atom. The SMILES string of the molecule is CNC1Cc2scc(C3CC3)c2C1. The highest BCUT2D eigenvalue weighted by atomic mass is 32.1. The molecule has 1 fully saturated rings. The second-order valence-corrected chi connectivity index (χ2v) is 5.23. The molecule has 0 radical (unpaired) electrons. The number of fused-ring (bicyclic) bond motifs is 1. The molecule has 1 N–H and O–H groups in total. The molecular formula is C11H15NS. The standard InChI is InChI=1S/C11H15NS/c1-12-8-4-9-10(7-2-3-7)6-13-11(9)5-8/h6-8,12H,2-5H2,1H3. The fourth-order valence-corrected chi connectivity index (χ4v) is 3.57. The first kappa shape index (κ1) is 8.01. The van der Waals surface area contributed by atoms with E-state index in [0.29, 0.717) is 0 Å². The first-order chi connectivity index (χ1) is 6.38. The highest BCUT2D eigenvalue weighted by Crippen LogP contribution is 2.46. The van der Waals surface area contributed by atoms with Gasteiger partial charge in [-0.2, -0.15) is 0 Å². The molecule has 0 aromatic carbocycles. The van der Waals surface area contributed by atoms with Gasteiger partial charge in [-0.3, -0.25) is 0 Å². The van der Waals surface area contributed by atoms with Crippen molar-refractivity contribution in [2.45, 2.75) is 37.6 Å². The lowest BCUT2D eigenvalue weighted by atomic mass is 10.1. The van der Waals surface area contributed by atoms with E-state index < -0.39 is 0 Å². The molecule has 0 saturated heterocycles. The van der Waals surface area contributed by atoms with Crippen molar-refractivity contribution in [1.82, 2.24) is 5.32 Å². The largest absolute Gasteiger partial charge is 0.316 e. The van der Waals surface area contributed by atoms with Crippen molar-refractivity contribution in [3.63, 3.8) is 0 Å². The van der Waals surface area contributed by atoms with Gasteiger partial charge in [0.05, 0.1) is 0 Å². The Kier molecular flexibility index (Phi) is 1.74. The fourth-order valence-electron chi connectivity index (χ4n) is 2.32. The summed E-state index contributed by atoms with van der Waals surface area (Å²) < 4.78 is 0. The normalized spacial score (nSPS) is 26.4. The van der Waals surface area contributed by atoms with E-state index in [1.807, 2.05) is 11.3 Å². The number of rotatable bonds is 2. The lowest BCUT2D eigenvalue weighted by Gasteiger charge is -2.06. The Bertz CT molecular complexity index is 325. The predicted octanol–water partition coefficient (Wildman–Crippen LogP) is 2.31. The van der Waals surface area contributed by atoms with Gasteiger partial charge in [-0.05, 0) is 55.2 Å². The number of hydrogen-bond donors (Lipinski definition) is 1. The zero-order valence-electron chi connectivity index (χ0n) is 7.97. The van der Waals surface area contributed by atoms with Crippen LogP contribution in [0, 0.1) is 0 Å². The van der Waals surface area contributed by atoms with E-state index in [0.717, 1.165) is 12.0 Å². The summed E-state index contributed by atoms with van der Waals surface area (Å²) in [5.41, 5.74) is 3.39. The molecule has 70 valence electrons. The average molecular weight is 193 g/mol. The van der Waals surface area contributed by atoms with Crippen LogP contribution in [-0.2, 0) is 12.8 Å². The van der Waals surface area contributed by atoms with E-state index in [2.05, 4.69) is 17.7 Å². The number of thiophene rings is 1. The maximum absolute atomic E-state index is 3.39. The van der Waals surface area contributed by atoms with Gasteiger partial charge in [0.1, 0.15) is 0 Å². The molecular weight excluding hydrogens is 178 g/mol. The summed E-state index contributed by atoms with van der Waals surface area (Å²) in [6, 6.07) is 0.722. The van der Waals surface area contributed by atoms with Gasteiger partial charge in [0.25, 0.3) is 0 Å². The summed E-state index contributed by atoms with van der Waals surface area (Å²) in [6.07, 6.45) is 5.42. The van der Waals surface area contributed by atoms with Crippen molar-refractivity contribution >= 4 is 11.3 Å². The Morgan fingerprint density at radius 3 is 2.92 bits per heavy atom. The van der Waals surface area contributed by atoms with Crippen LogP contribution in [0.25, 0.3) is 0 Å². The first-order valence-corrected chi connectivity index (χ1v) is 6.03. The first-order valence-electron chi connectivity index (χ1n) is 5.15. The van der Waals surface area contributed by atoms with Crippen LogP contribution in [0.2, 0.25) is 0 Å². The Morgan fingerprint density at radius 2 is 2.23 bits per heavy atom. The van der Waals surface area contributed by atoms with Gasteiger partial charge in [-0.15, -0.1) is 11.3 Å². The molecule has 2 aliphatic carbocycles. The van der Waals surface area contributed by atoms with E-state index in [1.54, 1.807) is 16.0 Å². The maximum atomic E-state index is 3.39. The molecule has 0 spiro atoms. The third-order valence-corrected chi connectivity index (χ3v) is 4.39. The van der Waals surface area contributed by atoms with Crippen LogP contribution in [0.3, 0.4) is 0 Å². The third-order valence-electron chi connectivity index (χ3n) is 3.32. The van der Waals surface area contributed by atoms with Gasteiger partial charge >= 0.3 is 0 Å². The van der Waals surface area contributed by atoms with Crippen LogP contribution in [0.5, 0.6) is 0 Å². The van der Waals surface area contributed by atoms with Crippen molar-refractivity contribution in [2.75, 3.05) is 7.05 Å². The lowest BCUT2D eigenvalue weighted by molar-refractivity contribution is 0.593. The van der Waals surface area contributed by atoms with Crippen LogP contribution in [-0.4, -0.2) is 13.1 Å². The van der Waals surface area contributed by atoms with Crippen LogP contribution < -0.4 is 5.32 Å². The monoisotopic (exact) mass is 193 g/mol. The highest BCUT2D eigenvalue weighted by Gasteiger charge is 2.32. The smallest absolute Gasteiger partial charge is 0.0153 e. The number of nitrogens with one attached hydrogen (secondary N) is 1. The van der Waals surface area contributed by atoms with Crippen molar-refractivity contribution in [3.05, 3.63) is 21.4 Å². The van der Waals surface area contributed by atoms with Crippen LogP contribution in [0.4, 0.5) is 0 Å². The van der Waals surface area contributed by atoms with E-state index >= 15 is 0 Å². The molecule has 13 heavy (non-hydrogen) atoms. The summed E-state index contributed by atoms with van der Waals surface area (Å²) in [6.45, 7) is 0. The molecule has 1 heterocycles. The van der Waals surface area contributed by atoms with Gasteiger partial charge in [0.15, 0.2) is 0 Å². The van der Waals surface area contributed by atoms with Gasteiger partial charge in [0.2, 0.25) is 0 Å². The number of hydrogen-bond acceptors (Lipinski definition) is 2. The Hall–Kier alpha value is -0.340. The second kappa shape index (κ2) is 2.82. The predicted molar refractivity (Wildman–Crippen MR) is 56.5 cm³/mol. The van der Waals surface area contributed by atoms with E-state index in [9.17, 15) is 0 Å². The third kappa shape index (κ3) is 1.24. The van der Waals surface area contributed by atoms with E-state index in [4.69, 9.17) is 0 Å². The van der Waals surface area contributed by atoms with E-state index in [-0.39, 0.29) is 0 Å². The topological polar surface area (TPSA) is 12.0 Å². The Labute approximate surface area is 83.2 Å². The zero-order chi connectivity index (χ0) is 8.84. The van der Waals surface area contributed by atoms with Crippen molar-refractivity contribution in [3.8, 4) is 0 Å². The molecule has 0 amide bonds. The van der Waals surface area contributed by atoms with Gasteiger partial charge < -0.3 is 5.32 Å². The molecule has 0 aliphatic heterocycles. The number of likely N-dealkylation sites (N-methyl/N-ethyl adjacent to an activating group) is 1. The molecule has 1 saturated carbocycles. The van der Waals surface area contributed by atoms with Crippen molar-refractivity contribution in [1.29, 1.82) is 0 Å². The molecule has 2 aliphatic rings. The summed E-state index contributed by atoms with van der Waals surface area (Å²) in [5, 5.41) is 5.80. The minimum Gasteiger partial charge on any atom is -0.316 e. The fraction of sp³-hybridized carbons (Fsp3) is 0.636.